The van der Waals surface area contributed by atoms with Crippen LogP contribution >= 0.6 is 0 Å². The molecule has 3 rings (SSSR count). The van der Waals surface area contributed by atoms with Crippen molar-refractivity contribution >= 4 is 11.9 Å². The van der Waals surface area contributed by atoms with E-state index in [1.807, 2.05) is 23.1 Å². The summed E-state index contributed by atoms with van der Waals surface area (Å²) < 4.78 is 0. The fourth-order valence-electron chi connectivity index (χ4n) is 2.93. The summed E-state index contributed by atoms with van der Waals surface area (Å²) in [6.07, 6.45) is 1.49. The molecule has 1 N–H and O–H groups in total. The molecule has 1 amide bonds. The molecule has 2 aliphatic rings. The van der Waals surface area contributed by atoms with E-state index in [-0.39, 0.29) is 11.8 Å². The average molecular weight is 259 g/mol. The molecule has 4 nitrogen and oxygen atoms in total. The number of aliphatic carboxylic acids is 1. The van der Waals surface area contributed by atoms with Gasteiger partial charge in [-0.05, 0) is 18.4 Å². The van der Waals surface area contributed by atoms with Crippen LogP contribution in [0.1, 0.15) is 24.3 Å². The third-order valence-electron chi connectivity index (χ3n) is 4.20. The number of nitrogens with zero attached hydrogens (tertiary/aromatic N) is 1. The Kier molecular flexibility index (Phi) is 3.01. The van der Waals surface area contributed by atoms with Crippen molar-refractivity contribution in [2.45, 2.75) is 18.8 Å². The molecule has 0 aromatic heterocycles. The van der Waals surface area contributed by atoms with E-state index in [0.29, 0.717) is 12.3 Å². The van der Waals surface area contributed by atoms with E-state index >= 15 is 0 Å². The summed E-state index contributed by atoms with van der Waals surface area (Å²) in [5.74, 6) is -1.12. The molecular formula is C15H17NO3. The van der Waals surface area contributed by atoms with E-state index < -0.39 is 11.9 Å². The van der Waals surface area contributed by atoms with Crippen molar-refractivity contribution in [3.05, 3.63) is 35.9 Å². The molecule has 1 aromatic rings. The van der Waals surface area contributed by atoms with E-state index in [1.165, 1.54) is 5.56 Å². The van der Waals surface area contributed by atoms with Crippen LogP contribution in [0.2, 0.25) is 0 Å². The lowest BCUT2D eigenvalue weighted by Gasteiger charge is -2.16. The molecule has 19 heavy (non-hydrogen) atoms. The van der Waals surface area contributed by atoms with E-state index in [9.17, 15) is 9.59 Å². The van der Waals surface area contributed by atoms with Crippen molar-refractivity contribution in [2.75, 3.05) is 13.1 Å². The Hall–Kier alpha value is -1.84. The molecule has 0 bridgehead atoms. The summed E-state index contributed by atoms with van der Waals surface area (Å²) in [5.41, 5.74) is 1.27. The molecule has 1 saturated carbocycles. The number of hydrogen-bond acceptors (Lipinski definition) is 2. The molecule has 2 fully saturated rings. The quantitative estimate of drug-likeness (QED) is 0.899. The predicted octanol–water partition coefficient (Wildman–Crippen LogP) is 1.72. The second-order valence-corrected chi connectivity index (χ2v) is 5.47. The molecule has 1 saturated heterocycles. The Morgan fingerprint density at radius 1 is 1.16 bits per heavy atom. The van der Waals surface area contributed by atoms with Crippen LogP contribution in [-0.4, -0.2) is 35.0 Å². The van der Waals surface area contributed by atoms with Crippen molar-refractivity contribution in [2.24, 2.45) is 11.8 Å². The normalized spacial score (nSPS) is 29.3. The largest absolute Gasteiger partial charge is 0.481 e. The van der Waals surface area contributed by atoms with Crippen LogP contribution in [0.3, 0.4) is 0 Å². The Bertz CT molecular complexity index is 499. The Balaban J connectivity index is 1.61. The SMILES string of the molecule is O=C(O)C1CC1C(=O)N1CCC(c2ccccc2)C1. The second kappa shape index (κ2) is 4.68. The third kappa shape index (κ3) is 2.35. The van der Waals surface area contributed by atoms with Gasteiger partial charge in [0.15, 0.2) is 0 Å². The maximum absolute atomic E-state index is 12.2. The first kappa shape index (κ1) is 12.2. The zero-order valence-electron chi connectivity index (χ0n) is 10.7. The third-order valence-corrected chi connectivity index (χ3v) is 4.20. The molecule has 0 radical (unpaired) electrons. The molecule has 1 aliphatic carbocycles. The first-order valence-corrected chi connectivity index (χ1v) is 6.73. The molecule has 1 aliphatic heterocycles. The van der Waals surface area contributed by atoms with Gasteiger partial charge in [0.05, 0.1) is 11.8 Å². The van der Waals surface area contributed by atoms with Crippen LogP contribution < -0.4 is 0 Å². The highest BCUT2D eigenvalue weighted by atomic mass is 16.4. The lowest BCUT2D eigenvalue weighted by Crippen LogP contribution is -2.30. The van der Waals surface area contributed by atoms with Gasteiger partial charge in [-0.1, -0.05) is 30.3 Å². The number of amides is 1. The Morgan fingerprint density at radius 2 is 1.89 bits per heavy atom. The van der Waals surface area contributed by atoms with Crippen LogP contribution in [0.15, 0.2) is 30.3 Å². The number of carbonyl (C=O) groups excluding carboxylic acids is 1. The summed E-state index contributed by atoms with van der Waals surface area (Å²) in [6.45, 7) is 1.48. The van der Waals surface area contributed by atoms with Crippen LogP contribution in [0, 0.1) is 11.8 Å². The summed E-state index contributed by atoms with van der Waals surface area (Å²) in [5, 5.41) is 8.87. The molecule has 4 heteroatoms. The second-order valence-electron chi connectivity index (χ2n) is 5.47. The van der Waals surface area contributed by atoms with Gasteiger partial charge in [0, 0.05) is 19.0 Å². The number of carbonyl (C=O) groups is 2. The standard InChI is InChI=1S/C15H17NO3/c17-14(12-8-13(12)15(18)19)16-7-6-11(9-16)10-4-2-1-3-5-10/h1-5,11-13H,6-9H2,(H,18,19). The van der Waals surface area contributed by atoms with E-state index in [2.05, 4.69) is 12.1 Å². The number of carboxylic acid groups (broad SMARTS) is 1. The van der Waals surface area contributed by atoms with Gasteiger partial charge in [-0.25, -0.2) is 0 Å². The van der Waals surface area contributed by atoms with Crippen LogP contribution in [0.25, 0.3) is 0 Å². The number of hydrogen-bond donors (Lipinski definition) is 1. The number of benzene rings is 1. The van der Waals surface area contributed by atoms with Crippen LogP contribution in [0.4, 0.5) is 0 Å². The number of carboxylic acids is 1. The average Bonchev–Trinajstić information content (AvgIpc) is 3.08. The maximum Gasteiger partial charge on any atom is 0.307 e. The lowest BCUT2D eigenvalue weighted by molar-refractivity contribution is -0.141. The topological polar surface area (TPSA) is 57.6 Å². The van der Waals surface area contributed by atoms with E-state index in [4.69, 9.17) is 5.11 Å². The highest BCUT2D eigenvalue weighted by Gasteiger charge is 2.50. The van der Waals surface area contributed by atoms with Crippen molar-refractivity contribution in [3.63, 3.8) is 0 Å². The highest BCUT2D eigenvalue weighted by molar-refractivity contribution is 5.89. The Labute approximate surface area is 112 Å². The molecule has 100 valence electrons. The van der Waals surface area contributed by atoms with Gasteiger partial charge in [0.1, 0.15) is 0 Å². The zero-order chi connectivity index (χ0) is 13.4. The van der Waals surface area contributed by atoms with E-state index in [0.717, 1.165) is 19.5 Å². The first-order chi connectivity index (χ1) is 9.16. The van der Waals surface area contributed by atoms with Crippen molar-refractivity contribution in [3.8, 4) is 0 Å². The lowest BCUT2D eigenvalue weighted by atomic mass is 9.99. The summed E-state index contributed by atoms with van der Waals surface area (Å²) >= 11 is 0. The minimum atomic E-state index is -0.836. The minimum absolute atomic E-state index is 0.0332. The van der Waals surface area contributed by atoms with Crippen molar-refractivity contribution in [1.29, 1.82) is 0 Å². The monoisotopic (exact) mass is 259 g/mol. The zero-order valence-corrected chi connectivity index (χ0v) is 10.7. The number of rotatable bonds is 3. The van der Waals surface area contributed by atoms with Gasteiger partial charge in [-0.3, -0.25) is 9.59 Å². The molecule has 3 atom stereocenters. The highest BCUT2D eigenvalue weighted by Crippen LogP contribution is 2.41. The predicted molar refractivity (Wildman–Crippen MR) is 69.6 cm³/mol. The van der Waals surface area contributed by atoms with Gasteiger partial charge in [-0.2, -0.15) is 0 Å². The van der Waals surface area contributed by atoms with Crippen molar-refractivity contribution < 1.29 is 14.7 Å². The molecule has 1 aromatic carbocycles. The van der Waals surface area contributed by atoms with Gasteiger partial charge in [0.25, 0.3) is 0 Å². The molecule has 1 heterocycles. The van der Waals surface area contributed by atoms with Gasteiger partial charge in [0.2, 0.25) is 5.91 Å². The summed E-state index contributed by atoms with van der Waals surface area (Å²) in [6, 6.07) is 10.2. The van der Waals surface area contributed by atoms with Crippen LogP contribution in [-0.2, 0) is 9.59 Å². The Morgan fingerprint density at radius 3 is 2.53 bits per heavy atom. The summed E-state index contributed by atoms with van der Waals surface area (Å²) in [7, 11) is 0. The fourth-order valence-corrected chi connectivity index (χ4v) is 2.93. The van der Waals surface area contributed by atoms with Gasteiger partial charge >= 0.3 is 5.97 Å². The first-order valence-electron chi connectivity index (χ1n) is 6.73. The molecular weight excluding hydrogens is 242 g/mol. The maximum atomic E-state index is 12.2. The van der Waals surface area contributed by atoms with Crippen LogP contribution in [0.5, 0.6) is 0 Å². The van der Waals surface area contributed by atoms with Gasteiger partial charge < -0.3 is 10.0 Å². The molecule has 0 spiro atoms. The fraction of sp³-hybridized carbons (Fsp3) is 0.467. The number of likely N-dealkylation sites (tertiary alicyclic amines) is 1. The molecule has 3 unspecified atom stereocenters. The smallest absolute Gasteiger partial charge is 0.307 e. The van der Waals surface area contributed by atoms with E-state index in [1.54, 1.807) is 0 Å². The minimum Gasteiger partial charge on any atom is -0.481 e. The summed E-state index contributed by atoms with van der Waals surface area (Å²) in [4.78, 5) is 24.8. The van der Waals surface area contributed by atoms with Gasteiger partial charge in [-0.15, -0.1) is 0 Å². The van der Waals surface area contributed by atoms with Crippen molar-refractivity contribution in [1.82, 2.24) is 4.90 Å².